The Morgan fingerprint density at radius 3 is 2.86 bits per heavy atom. The van der Waals surface area contributed by atoms with Crippen LogP contribution in [0.3, 0.4) is 0 Å². The van der Waals surface area contributed by atoms with E-state index in [0.717, 1.165) is 37.9 Å². The lowest BCUT2D eigenvalue weighted by molar-refractivity contribution is -0.122. The number of Topliss-reactive ketones (excluding diaryl/α,β-unsaturated/α-hetero) is 1. The smallest absolute Gasteiger partial charge is 0.237 e. The van der Waals surface area contributed by atoms with Crippen molar-refractivity contribution in [3.8, 4) is 0 Å². The summed E-state index contributed by atoms with van der Waals surface area (Å²) in [5, 5.41) is 4.17. The number of hydrogen-bond donors (Lipinski definition) is 0. The van der Waals surface area contributed by atoms with E-state index in [0.29, 0.717) is 12.3 Å². The van der Waals surface area contributed by atoms with Gasteiger partial charge in [-0.15, -0.1) is 0 Å². The molecule has 0 spiro atoms. The Balaban J connectivity index is 1.62. The van der Waals surface area contributed by atoms with Crippen molar-refractivity contribution in [3.63, 3.8) is 0 Å². The van der Waals surface area contributed by atoms with Crippen molar-refractivity contribution in [2.24, 2.45) is 0 Å². The van der Waals surface area contributed by atoms with Crippen LogP contribution in [0.25, 0.3) is 0 Å². The Bertz CT molecular complexity index is 677. The molecule has 0 amide bonds. The first-order valence-corrected chi connectivity index (χ1v) is 7.77. The highest BCUT2D eigenvalue weighted by atomic mass is 16.5. The first-order chi connectivity index (χ1) is 10.3. The molecular formula is C17H18N2O2. The summed E-state index contributed by atoms with van der Waals surface area (Å²) >= 11 is 0. The topological polar surface area (TPSA) is 56.0 Å². The molecule has 0 aliphatic heterocycles. The minimum Gasteiger partial charge on any atom is -0.339 e. The summed E-state index contributed by atoms with van der Waals surface area (Å²) in [6.45, 7) is 0. The van der Waals surface area contributed by atoms with Crippen LogP contribution in [0.2, 0.25) is 0 Å². The molecule has 1 saturated carbocycles. The predicted molar refractivity (Wildman–Crippen MR) is 77.1 cm³/mol. The quantitative estimate of drug-likeness (QED) is 0.847. The van der Waals surface area contributed by atoms with Gasteiger partial charge >= 0.3 is 0 Å². The molecule has 1 aromatic carbocycles. The minimum absolute atomic E-state index is 0.170. The van der Waals surface area contributed by atoms with Gasteiger partial charge in [0.1, 0.15) is 5.78 Å². The van der Waals surface area contributed by atoms with E-state index in [1.54, 1.807) is 0 Å². The van der Waals surface area contributed by atoms with Gasteiger partial charge < -0.3 is 4.52 Å². The Morgan fingerprint density at radius 1 is 1.05 bits per heavy atom. The molecule has 2 atom stereocenters. The molecule has 0 bridgehead atoms. The summed E-state index contributed by atoms with van der Waals surface area (Å²) in [4.78, 5) is 16.6. The number of hydrogen-bond acceptors (Lipinski definition) is 4. The lowest BCUT2D eigenvalue weighted by Crippen LogP contribution is -2.17. The fraction of sp³-hybridized carbons (Fsp3) is 0.471. The largest absolute Gasteiger partial charge is 0.339 e. The van der Waals surface area contributed by atoms with E-state index in [-0.39, 0.29) is 17.6 Å². The highest BCUT2D eigenvalue weighted by Gasteiger charge is 2.32. The van der Waals surface area contributed by atoms with Gasteiger partial charge in [0, 0.05) is 12.3 Å². The van der Waals surface area contributed by atoms with Crippen LogP contribution in [0.1, 0.15) is 66.8 Å². The minimum atomic E-state index is -0.170. The van der Waals surface area contributed by atoms with Crippen molar-refractivity contribution in [1.82, 2.24) is 10.1 Å². The van der Waals surface area contributed by atoms with E-state index in [1.165, 1.54) is 11.1 Å². The van der Waals surface area contributed by atoms with Crippen LogP contribution >= 0.6 is 0 Å². The van der Waals surface area contributed by atoms with Crippen molar-refractivity contribution < 1.29 is 9.32 Å². The number of aryl methyl sites for hydroxylation is 1. The molecule has 4 rings (SSSR count). The SMILES string of the molecule is O=C1CCCCC1c1nc(C2CCc3ccccc32)no1. The first-order valence-electron chi connectivity index (χ1n) is 7.77. The Labute approximate surface area is 123 Å². The van der Waals surface area contributed by atoms with Gasteiger partial charge in [-0.2, -0.15) is 4.98 Å². The Morgan fingerprint density at radius 2 is 1.95 bits per heavy atom. The van der Waals surface area contributed by atoms with Crippen molar-refractivity contribution >= 4 is 5.78 Å². The Hall–Kier alpha value is -1.97. The summed E-state index contributed by atoms with van der Waals surface area (Å²) in [5.74, 6) is 1.57. The van der Waals surface area contributed by atoms with Gasteiger partial charge in [-0.05, 0) is 36.8 Å². The maximum absolute atomic E-state index is 12.0. The van der Waals surface area contributed by atoms with Crippen LogP contribution in [0.15, 0.2) is 28.8 Å². The van der Waals surface area contributed by atoms with Gasteiger partial charge in [0.15, 0.2) is 5.82 Å². The molecule has 0 radical (unpaired) electrons. The van der Waals surface area contributed by atoms with Crippen LogP contribution in [0, 0.1) is 0 Å². The Kier molecular flexibility index (Phi) is 3.09. The average Bonchev–Trinajstić information content (AvgIpc) is 3.14. The van der Waals surface area contributed by atoms with Crippen LogP contribution in [-0.2, 0) is 11.2 Å². The van der Waals surface area contributed by atoms with E-state index < -0.39 is 0 Å². The summed E-state index contributed by atoms with van der Waals surface area (Å²) < 4.78 is 5.42. The zero-order valence-electron chi connectivity index (χ0n) is 11.9. The van der Waals surface area contributed by atoms with Crippen LogP contribution in [0.4, 0.5) is 0 Å². The molecule has 1 heterocycles. The molecule has 2 aromatic rings. The van der Waals surface area contributed by atoms with Crippen molar-refractivity contribution in [2.45, 2.75) is 50.4 Å². The fourth-order valence-corrected chi connectivity index (χ4v) is 3.60. The van der Waals surface area contributed by atoms with Crippen molar-refractivity contribution in [3.05, 3.63) is 47.1 Å². The second kappa shape index (κ2) is 5.10. The number of aromatic nitrogens is 2. The molecule has 4 nitrogen and oxygen atoms in total. The number of fused-ring (bicyclic) bond motifs is 1. The normalized spacial score (nSPS) is 25.0. The third kappa shape index (κ3) is 2.19. The zero-order valence-corrected chi connectivity index (χ0v) is 11.9. The molecule has 0 N–H and O–H groups in total. The summed E-state index contributed by atoms with van der Waals surface area (Å²) in [5.41, 5.74) is 2.68. The van der Waals surface area contributed by atoms with Crippen LogP contribution in [0.5, 0.6) is 0 Å². The van der Waals surface area contributed by atoms with Gasteiger partial charge in [-0.3, -0.25) is 4.79 Å². The third-order valence-electron chi connectivity index (χ3n) is 4.75. The first kappa shape index (κ1) is 12.7. The number of carbonyl (C=O) groups excluding carboxylic acids is 1. The third-order valence-corrected chi connectivity index (χ3v) is 4.75. The monoisotopic (exact) mass is 282 g/mol. The molecule has 0 saturated heterocycles. The maximum Gasteiger partial charge on any atom is 0.237 e. The highest BCUT2D eigenvalue weighted by molar-refractivity contribution is 5.85. The van der Waals surface area contributed by atoms with E-state index >= 15 is 0 Å². The molecule has 2 aliphatic carbocycles. The molecule has 1 aromatic heterocycles. The van der Waals surface area contributed by atoms with Crippen molar-refractivity contribution in [1.29, 1.82) is 0 Å². The van der Waals surface area contributed by atoms with E-state index in [9.17, 15) is 4.79 Å². The molecule has 108 valence electrons. The van der Waals surface area contributed by atoms with Gasteiger partial charge in [-0.25, -0.2) is 0 Å². The lowest BCUT2D eigenvalue weighted by atomic mass is 9.88. The van der Waals surface area contributed by atoms with Gasteiger partial charge in [0.05, 0.1) is 5.92 Å². The summed E-state index contributed by atoms with van der Waals surface area (Å²) in [6.07, 6.45) is 5.65. The average molecular weight is 282 g/mol. The maximum atomic E-state index is 12.0. The molecule has 1 fully saturated rings. The standard InChI is InChI=1S/C17H18N2O2/c20-15-8-4-3-7-14(15)17-18-16(19-21-17)13-10-9-11-5-1-2-6-12(11)13/h1-2,5-6,13-14H,3-4,7-10H2. The molecule has 2 aliphatic rings. The van der Waals surface area contributed by atoms with E-state index in [2.05, 4.69) is 34.4 Å². The lowest BCUT2D eigenvalue weighted by Gasteiger charge is -2.16. The number of nitrogens with zero attached hydrogens (tertiary/aromatic N) is 2. The second-order valence-corrected chi connectivity index (χ2v) is 6.05. The van der Waals surface area contributed by atoms with Crippen LogP contribution < -0.4 is 0 Å². The molecule has 21 heavy (non-hydrogen) atoms. The van der Waals surface area contributed by atoms with Gasteiger partial charge in [0.2, 0.25) is 5.89 Å². The highest BCUT2D eigenvalue weighted by Crippen LogP contribution is 2.37. The van der Waals surface area contributed by atoms with Gasteiger partial charge in [0.25, 0.3) is 0 Å². The van der Waals surface area contributed by atoms with E-state index in [1.807, 2.05) is 0 Å². The van der Waals surface area contributed by atoms with Crippen molar-refractivity contribution in [2.75, 3.05) is 0 Å². The zero-order chi connectivity index (χ0) is 14.2. The molecule has 2 unspecified atom stereocenters. The number of rotatable bonds is 2. The predicted octanol–water partition coefficient (Wildman–Crippen LogP) is 3.37. The van der Waals surface area contributed by atoms with Gasteiger partial charge in [-0.1, -0.05) is 35.8 Å². The second-order valence-electron chi connectivity index (χ2n) is 6.05. The molecule has 4 heteroatoms. The number of carbonyl (C=O) groups is 1. The fourth-order valence-electron chi connectivity index (χ4n) is 3.60. The van der Waals surface area contributed by atoms with E-state index in [4.69, 9.17) is 4.52 Å². The number of ketones is 1. The summed E-state index contributed by atoms with van der Waals surface area (Å²) in [7, 11) is 0. The number of benzene rings is 1. The molecular weight excluding hydrogens is 264 g/mol. The summed E-state index contributed by atoms with van der Waals surface area (Å²) in [6, 6.07) is 8.45. The van der Waals surface area contributed by atoms with Crippen LogP contribution in [-0.4, -0.2) is 15.9 Å².